The van der Waals surface area contributed by atoms with E-state index in [0.29, 0.717) is 13.2 Å². The van der Waals surface area contributed by atoms with E-state index in [2.05, 4.69) is 45.0 Å². The van der Waals surface area contributed by atoms with Gasteiger partial charge in [-0.1, -0.05) is 12.1 Å². The maximum atomic E-state index is 5.29. The van der Waals surface area contributed by atoms with Gasteiger partial charge in [0.05, 0.1) is 12.3 Å². The van der Waals surface area contributed by atoms with E-state index >= 15 is 0 Å². The summed E-state index contributed by atoms with van der Waals surface area (Å²) in [6.45, 7) is 4.85. The number of nitrogens with one attached hydrogen (secondary N) is 2. The summed E-state index contributed by atoms with van der Waals surface area (Å²) < 4.78 is 7.12. The molecular weight excluding hydrogens is 278 g/mol. The van der Waals surface area contributed by atoms with Crippen molar-refractivity contribution >= 4 is 5.96 Å². The van der Waals surface area contributed by atoms with Crippen molar-refractivity contribution in [3.05, 3.63) is 48.3 Å². The van der Waals surface area contributed by atoms with Crippen molar-refractivity contribution in [3.63, 3.8) is 0 Å². The maximum Gasteiger partial charge on any atom is 0.191 e. The lowest BCUT2D eigenvalue weighted by Crippen LogP contribution is -2.38. The van der Waals surface area contributed by atoms with Crippen molar-refractivity contribution in [2.75, 3.05) is 26.8 Å². The fraction of sp³-hybridized carbons (Fsp3) is 0.375. The van der Waals surface area contributed by atoms with Gasteiger partial charge in [0, 0.05) is 39.1 Å². The summed E-state index contributed by atoms with van der Waals surface area (Å²) in [5.41, 5.74) is 2.23. The van der Waals surface area contributed by atoms with Crippen LogP contribution in [0.15, 0.2) is 47.7 Å². The highest BCUT2D eigenvalue weighted by molar-refractivity contribution is 5.79. The summed E-state index contributed by atoms with van der Waals surface area (Å²) in [7, 11) is 1.76. The minimum atomic E-state index is 0.676. The highest BCUT2D eigenvalue weighted by atomic mass is 16.5. The lowest BCUT2D eigenvalue weighted by Gasteiger charge is -2.12. The minimum Gasteiger partial charge on any atom is -0.380 e. The van der Waals surface area contributed by atoms with Crippen molar-refractivity contribution < 1.29 is 4.74 Å². The van der Waals surface area contributed by atoms with Gasteiger partial charge in [0.15, 0.2) is 5.96 Å². The lowest BCUT2D eigenvalue weighted by atomic mass is 10.2. The molecule has 2 N–H and O–H groups in total. The van der Waals surface area contributed by atoms with E-state index in [1.807, 2.05) is 23.9 Å². The molecule has 0 spiro atoms. The Bertz CT molecular complexity index is 563. The number of rotatable bonds is 7. The van der Waals surface area contributed by atoms with Crippen LogP contribution in [-0.4, -0.2) is 42.5 Å². The van der Waals surface area contributed by atoms with Crippen LogP contribution in [0.3, 0.4) is 0 Å². The smallest absolute Gasteiger partial charge is 0.191 e. The molecule has 1 heterocycles. The van der Waals surface area contributed by atoms with Crippen LogP contribution in [0, 0.1) is 0 Å². The van der Waals surface area contributed by atoms with Crippen LogP contribution in [0.1, 0.15) is 12.5 Å². The Hall–Kier alpha value is -2.34. The number of ether oxygens (including phenoxy) is 1. The number of benzene rings is 1. The Morgan fingerprint density at radius 1 is 1.27 bits per heavy atom. The monoisotopic (exact) mass is 301 g/mol. The predicted molar refractivity (Wildman–Crippen MR) is 88.3 cm³/mol. The molecule has 0 aliphatic heterocycles. The van der Waals surface area contributed by atoms with Crippen molar-refractivity contribution in [1.82, 2.24) is 20.4 Å². The first kappa shape index (κ1) is 16.0. The Labute approximate surface area is 131 Å². The van der Waals surface area contributed by atoms with Gasteiger partial charge >= 0.3 is 0 Å². The van der Waals surface area contributed by atoms with E-state index in [9.17, 15) is 0 Å². The summed E-state index contributed by atoms with van der Waals surface area (Å²) >= 11 is 0. The number of nitrogens with zero attached hydrogens (tertiary/aromatic N) is 3. The number of hydrogen-bond acceptors (Lipinski definition) is 3. The molecule has 0 fully saturated rings. The van der Waals surface area contributed by atoms with E-state index in [-0.39, 0.29) is 0 Å². The summed E-state index contributed by atoms with van der Waals surface area (Å²) in [5, 5.41) is 10.7. The van der Waals surface area contributed by atoms with E-state index in [4.69, 9.17) is 4.74 Å². The fourth-order valence-corrected chi connectivity index (χ4v) is 1.98. The van der Waals surface area contributed by atoms with Crippen molar-refractivity contribution in [3.8, 4) is 5.69 Å². The Morgan fingerprint density at radius 3 is 2.73 bits per heavy atom. The molecule has 0 radical (unpaired) electrons. The molecule has 0 aliphatic carbocycles. The lowest BCUT2D eigenvalue weighted by molar-refractivity contribution is 0.152. The third-order valence-corrected chi connectivity index (χ3v) is 3.13. The van der Waals surface area contributed by atoms with E-state index < -0.39 is 0 Å². The van der Waals surface area contributed by atoms with E-state index in [1.54, 1.807) is 13.2 Å². The molecule has 1 aromatic carbocycles. The maximum absolute atomic E-state index is 5.29. The van der Waals surface area contributed by atoms with Gasteiger partial charge in [0.1, 0.15) is 0 Å². The summed E-state index contributed by atoms with van der Waals surface area (Å²) in [6.07, 6.45) is 3.70. The molecular formula is C16H23N5O. The zero-order valence-electron chi connectivity index (χ0n) is 13.1. The number of hydrogen-bond donors (Lipinski definition) is 2. The SMILES string of the molecule is CCOCCNC(=NC)NCc1ccc(-n2cccn2)cc1. The summed E-state index contributed by atoms with van der Waals surface area (Å²) in [6, 6.07) is 10.2. The van der Waals surface area contributed by atoms with Crippen LogP contribution in [0.4, 0.5) is 0 Å². The number of aromatic nitrogens is 2. The molecule has 0 unspecified atom stereocenters. The minimum absolute atomic E-state index is 0.676. The molecule has 6 nitrogen and oxygen atoms in total. The average molecular weight is 301 g/mol. The second kappa shape index (κ2) is 8.84. The van der Waals surface area contributed by atoms with Crippen LogP contribution in [0.25, 0.3) is 5.69 Å². The highest BCUT2D eigenvalue weighted by Gasteiger charge is 2.00. The molecule has 0 bridgehead atoms. The second-order valence-electron chi connectivity index (χ2n) is 4.67. The zero-order valence-corrected chi connectivity index (χ0v) is 13.1. The van der Waals surface area contributed by atoms with Crippen LogP contribution in [-0.2, 0) is 11.3 Å². The van der Waals surface area contributed by atoms with Gasteiger partial charge in [-0.3, -0.25) is 4.99 Å². The van der Waals surface area contributed by atoms with Crippen molar-refractivity contribution in [2.24, 2.45) is 4.99 Å². The summed E-state index contributed by atoms with van der Waals surface area (Å²) in [5.74, 6) is 0.774. The molecule has 6 heteroatoms. The van der Waals surface area contributed by atoms with Crippen molar-refractivity contribution in [2.45, 2.75) is 13.5 Å². The molecule has 0 aliphatic rings. The quantitative estimate of drug-likeness (QED) is 0.463. The molecule has 118 valence electrons. The first-order chi connectivity index (χ1) is 10.8. The first-order valence-corrected chi connectivity index (χ1v) is 7.44. The van der Waals surface area contributed by atoms with Crippen LogP contribution >= 0.6 is 0 Å². The Morgan fingerprint density at radius 2 is 2.09 bits per heavy atom. The van der Waals surface area contributed by atoms with Gasteiger partial charge in [0.2, 0.25) is 0 Å². The normalized spacial score (nSPS) is 11.5. The van der Waals surface area contributed by atoms with Gasteiger partial charge in [-0.05, 0) is 30.7 Å². The van der Waals surface area contributed by atoms with Crippen LogP contribution in [0.5, 0.6) is 0 Å². The molecule has 22 heavy (non-hydrogen) atoms. The molecule has 0 saturated carbocycles. The molecule has 0 atom stereocenters. The molecule has 0 saturated heterocycles. The predicted octanol–water partition coefficient (Wildman–Crippen LogP) is 1.57. The zero-order chi connectivity index (χ0) is 15.6. The second-order valence-corrected chi connectivity index (χ2v) is 4.67. The van der Waals surface area contributed by atoms with Crippen LogP contribution < -0.4 is 10.6 Å². The molecule has 0 amide bonds. The molecule has 1 aromatic heterocycles. The van der Waals surface area contributed by atoms with Gasteiger partial charge in [-0.2, -0.15) is 5.10 Å². The largest absolute Gasteiger partial charge is 0.380 e. The van der Waals surface area contributed by atoms with Crippen LogP contribution in [0.2, 0.25) is 0 Å². The van der Waals surface area contributed by atoms with E-state index in [1.165, 1.54) is 5.56 Å². The highest BCUT2D eigenvalue weighted by Crippen LogP contribution is 2.08. The topological polar surface area (TPSA) is 63.5 Å². The Balaban J connectivity index is 1.80. The number of guanidine groups is 1. The average Bonchev–Trinajstić information content (AvgIpc) is 3.09. The van der Waals surface area contributed by atoms with Gasteiger partial charge < -0.3 is 15.4 Å². The van der Waals surface area contributed by atoms with Gasteiger partial charge in [0.25, 0.3) is 0 Å². The van der Waals surface area contributed by atoms with Gasteiger partial charge in [-0.15, -0.1) is 0 Å². The fourth-order valence-electron chi connectivity index (χ4n) is 1.98. The summed E-state index contributed by atoms with van der Waals surface area (Å²) in [4.78, 5) is 4.18. The van der Waals surface area contributed by atoms with E-state index in [0.717, 1.165) is 24.8 Å². The third kappa shape index (κ3) is 4.89. The number of aliphatic imine (C=N–C) groups is 1. The standard InChI is InChI=1S/C16H23N5O/c1-3-22-12-10-18-16(17-2)19-13-14-5-7-15(8-6-14)21-11-4-9-20-21/h4-9,11H,3,10,12-13H2,1-2H3,(H2,17,18,19). The first-order valence-electron chi connectivity index (χ1n) is 7.44. The van der Waals surface area contributed by atoms with Crippen molar-refractivity contribution in [1.29, 1.82) is 0 Å². The molecule has 2 rings (SSSR count). The molecule has 2 aromatic rings. The van der Waals surface area contributed by atoms with Gasteiger partial charge in [-0.25, -0.2) is 4.68 Å². The third-order valence-electron chi connectivity index (χ3n) is 3.13. The Kier molecular flexibility index (Phi) is 6.44.